The van der Waals surface area contributed by atoms with E-state index in [9.17, 15) is 4.79 Å². The summed E-state index contributed by atoms with van der Waals surface area (Å²) in [7, 11) is 0. The molecular weight excluding hydrogens is 346 g/mol. The van der Waals surface area contributed by atoms with Crippen LogP contribution < -0.4 is 5.32 Å². The van der Waals surface area contributed by atoms with Crippen molar-refractivity contribution < 1.29 is 4.79 Å². The van der Waals surface area contributed by atoms with E-state index in [4.69, 9.17) is 4.99 Å². The van der Waals surface area contributed by atoms with Gasteiger partial charge in [-0.1, -0.05) is 43.3 Å². The van der Waals surface area contributed by atoms with Crippen LogP contribution in [-0.4, -0.2) is 23.0 Å². The number of nitrogens with one attached hydrogen (secondary N) is 1. The minimum absolute atomic E-state index is 0.0322. The summed E-state index contributed by atoms with van der Waals surface area (Å²) in [6.45, 7) is 2.39. The van der Waals surface area contributed by atoms with Crippen molar-refractivity contribution in [2.45, 2.75) is 25.3 Å². The zero-order valence-corrected chi connectivity index (χ0v) is 15.7. The maximum Gasteiger partial charge on any atom is 0.184 e. The van der Waals surface area contributed by atoms with Crippen molar-refractivity contribution in [2.75, 3.05) is 11.9 Å². The highest BCUT2D eigenvalue weighted by Crippen LogP contribution is 2.45. The van der Waals surface area contributed by atoms with Crippen LogP contribution in [0.15, 0.2) is 72.0 Å². The summed E-state index contributed by atoms with van der Waals surface area (Å²) in [5, 5.41) is 3.70. The lowest BCUT2D eigenvalue weighted by Gasteiger charge is -2.38. The average Bonchev–Trinajstić information content (AvgIpc) is 2.76. The molecule has 0 saturated heterocycles. The summed E-state index contributed by atoms with van der Waals surface area (Å²) in [6, 6.07) is 18.8. The summed E-state index contributed by atoms with van der Waals surface area (Å²) in [5.74, 6) is 0.126. The van der Waals surface area contributed by atoms with E-state index in [0.717, 1.165) is 34.5 Å². The third-order valence-corrected chi connectivity index (χ3v) is 5.74. The van der Waals surface area contributed by atoms with Crippen molar-refractivity contribution in [1.29, 1.82) is 0 Å². The number of nitrogens with zero attached hydrogens (tertiary/aromatic N) is 2. The third-order valence-electron chi connectivity index (χ3n) is 5.74. The molecule has 0 radical (unpaired) electrons. The SMILES string of the molecule is CCc1cccc(C2C3=NCC(=O)c4cccc(c43)NC2c2ccncc2)c1. The zero-order valence-electron chi connectivity index (χ0n) is 15.7. The number of benzene rings is 2. The summed E-state index contributed by atoms with van der Waals surface area (Å²) in [5.41, 5.74) is 7.43. The standard InChI is InChI=1S/C24H21N3O/c1-2-15-5-3-6-17(13-15)21-23(16-9-11-25-12-10-16)27-19-8-4-7-18-20(28)14-26-24(21)22(18)19/h3-13,21,23,27H,2,14H2,1H3. The van der Waals surface area contributed by atoms with Crippen LogP contribution in [0.3, 0.4) is 0 Å². The van der Waals surface area contributed by atoms with Crippen LogP contribution in [0.4, 0.5) is 5.69 Å². The summed E-state index contributed by atoms with van der Waals surface area (Å²) in [6.07, 6.45) is 4.64. The molecule has 3 aromatic rings. The molecule has 3 heterocycles. The van der Waals surface area contributed by atoms with Crippen molar-refractivity contribution in [3.63, 3.8) is 0 Å². The van der Waals surface area contributed by atoms with Crippen LogP contribution >= 0.6 is 0 Å². The maximum absolute atomic E-state index is 12.5. The molecule has 0 fully saturated rings. The molecule has 0 saturated carbocycles. The van der Waals surface area contributed by atoms with E-state index in [-0.39, 0.29) is 24.3 Å². The molecule has 2 unspecified atom stereocenters. The number of aryl methyl sites for hydroxylation is 1. The zero-order chi connectivity index (χ0) is 19.1. The van der Waals surface area contributed by atoms with Gasteiger partial charge in [0.2, 0.25) is 0 Å². The van der Waals surface area contributed by atoms with Gasteiger partial charge in [-0.15, -0.1) is 0 Å². The largest absolute Gasteiger partial charge is 0.377 e. The smallest absolute Gasteiger partial charge is 0.184 e. The van der Waals surface area contributed by atoms with Gasteiger partial charge in [0.25, 0.3) is 0 Å². The molecule has 0 aliphatic carbocycles. The molecule has 0 amide bonds. The maximum atomic E-state index is 12.5. The Morgan fingerprint density at radius 1 is 1.04 bits per heavy atom. The van der Waals surface area contributed by atoms with Gasteiger partial charge in [-0.05, 0) is 41.3 Å². The van der Waals surface area contributed by atoms with Crippen LogP contribution in [0, 0.1) is 0 Å². The first-order valence-electron chi connectivity index (χ1n) is 9.72. The lowest BCUT2D eigenvalue weighted by atomic mass is 9.75. The molecule has 5 rings (SSSR count). The van der Waals surface area contributed by atoms with E-state index in [2.05, 4.69) is 53.6 Å². The fourth-order valence-electron chi connectivity index (χ4n) is 4.37. The second-order valence-electron chi connectivity index (χ2n) is 7.33. The fourth-order valence-corrected chi connectivity index (χ4v) is 4.37. The van der Waals surface area contributed by atoms with E-state index in [0.29, 0.717) is 0 Å². The predicted octanol–water partition coefficient (Wildman–Crippen LogP) is 4.58. The molecule has 2 aromatic carbocycles. The van der Waals surface area contributed by atoms with E-state index < -0.39 is 0 Å². The number of aromatic nitrogens is 1. The van der Waals surface area contributed by atoms with Gasteiger partial charge in [0.15, 0.2) is 5.78 Å². The van der Waals surface area contributed by atoms with Crippen LogP contribution in [0.2, 0.25) is 0 Å². The van der Waals surface area contributed by atoms with Gasteiger partial charge in [-0.2, -0.15) is 0 Å². The van der Waals surface area contributed by atoms with Crippen LogP contribution in [0.1, 0.15) is 51.5 Å². The Hall–Kier alpha value is -3.27. The molecule has 1 aromatic heterocycles. The lowest BCUT2D eigenvalue weighted by Crippen LogP contribution is -2.36. The number of hydrogen-bond acceptors (Lipinski definition) is 4. The first-order chi connectivity index (χ1) is 13.8. The number of carbonyl (C=O) groups is 1. The molecule has 2 aliphatic rings. The second-order valence-corrected chi connectivity index (χ2v) is 7.33. The van der Waals surface area contributed by atoms with Gasteiger partial charge in [0.1, 0.15) is 6.54 Å². The Labute approximate surface area is 164 Å². The quantitative estimate of drug-likeness (QED) is 0.737. The Kier molecular flexibility index (Phi) is 4.05. The molecule has 4 heteroatoms. The number of pyridine rings is 1. The average molecular weight is 367 g/mol. The van der Waals surface area contributed by atoms with E-state index in [1.54, 1.807) is 0 Å². The van der Waals surface area contributed by atoms with E-state index in [1.165, 1.54) is 11.1 Å². The molecule has 28 heavy (non-hydrogen) atoms. The van der Waals surface area contributed by atoms with Crippen LogP contribution in [0.25, 0.3) is 0 Å². The van der Waals surface area contributed by atoms with Crippen molar-refractivity contribution in [2.24, 2.45) is 4.99 Å². The van der Waals surface area contributed by atoms with Crippen molar-refractivity contribution >= 4 is 17.2 Å². The Morgan fingerprint density at radius 2 is 1.86 bits per heavy atom. The van der Waals surface area contributed by atoms with Gasteiger partial charge in [0.05, 0.1) is 17.7 Å². The number of anilines is 1. The number of carbonyl (C=O) groups excluding carboxylic acids is 1. The second kappa shape index (κ2) is 6.71. The Balaban J connectivity index is 1.74. The lowest BCUT2D eigenvalue weighted by molar-refractivity contribution is 0.1000. The highest BCUT2D eigenvalue weighted by Gasteiger charge is 2.39. The number of hydrogen-bond donors (Lipinski definition) is 1. The predicted molar refractivity (Wildman–Crippen MR) is 111 cm³/mol. The molecule has 2 atom stereocenters. The fraction of sp³-hybridized carbons (Fsp3) is 0.208. The molecule has 0 bridgehead atoms. The van der Waals surface area contributed by atoms with Crippen LogP contribution in [0.5, 0.6) is 0 Å². The highest BCUT2D eigenvalue weighted by atomic mass is 16.1. The van der Waals surface area contributed by atoms with Crippen LogP contribution in [-0.2, 0) is 6.42 Å². The molecule has 4 nitrogen and oxygen atoms in total. The minimum atomic E-state index is 0.0322. The summed E-state index contributed by atoms with van der Waals surface area (Å²) >= 11 is 0. The monoisotopic (exact) mass is 367 g/mol. The van der Waals surface area contributed by atoms with Gasteiger partial charge in [-0.25, -0.2) is 0 Å². The van der Waals surface area contributed by atoms with Gasteiger partial charge >= 0.3 is 0 Å². The van der Waals surface area contributed by atoms with Crippen molar-refractivity contribution in [3.05, 3.63) is 94.8 Å². The Morgan fingerprint density at radius 3 is 2.68 bits per heavy atom. The number of aliphatic imine (C=N–C) groups is 1. The van der Waals surface area contributed by atoms with Crippen molar-refractivity contribution in [1.82, 2.24) is 4.98 Å². The highest BCUT2D eigenvalue weighted by molar-refractivity contribution is 6.21. The van der Waals surface area contributed by atoms with E-state index in [1.807, 2.05) is 30.6 Å². The first kappa shape index (κ1) is 16.9. The molecule has 138 valence electrons. The molecule has 0 spiro atoms. The van der Waals surface area contributed by atoms with E-state index >= 15 is 0 Å². The number of rotatable bonds is 3. The summed E-state index contributed by atoms with van der Waals surface area (Å²) < 4.78 is 0. The Bertz CT molecular complexity index is 1090. The van der Waals surface area contributed by atoms with Gasteiger partial charge in [0, 0.05) is 29.2 Å². The molecular formula is C24H21N3O. The molecule has 2 aliphatic heterocycles. The van der Waals surface area contributed by atoms with Crippen molar-refractivity contribution in [3.8, 4) is 0 Å². The normalized spacial score (nSPS) is 20.2. The minimum Gasteiger partial charge on any atom is -0.377 e. The van der Waals surface area contributed by atoms with Gasteiger partial charge < -0.3 is 5.32 Å². The molecule has 1 N–H and O–H groups in total. The first-order valence-corrected chi connectivity index (χ1v) is 9.72. The number of Topliss-reactive ketones (excluding diaryl/α,β-unsaturated/α-hetero) is 1. The summed E-state index contributed by atoms with van der Waals surface area (Å²) in [4.78, 5) is 21.4. The topological polar surface area (TPSA) is 54.4 Å². The number of ketones is 1. The third kappa shape index (κ3) is 2.64. The van der Waals surface area contributed by atoms with Gasteiger partial charge in [-0.3, -0.25) is 14.8 Å².